The van der Waals surface area contributed by atoms with Gasteiger partial charge in [-0.2, -0.15) is 5.26 Å². The van der Waals surface area contributed by atoms with Gasteiger partial charge in [-0.15, -0.1) is 0 Å². The molecule has 1 atom stereocenters. The number of anilines is 1. The molecule has 174 valence electrons. The number of nitriles is 1. The standard InChI is InChI=1S/C24H19ClFN3O5/c1-3-20(23(31)28-15-6-7-16(24(32)33)19(26)9-15)29-12-21(34-2)18(10-22(29)30)17-8-14(25)5-4-13(17)11-27/h4-10,12,20H,3H2,1-2H3,(H,28,31)(H,32,33)/t20-/m0/s1. The number of amides is 1. The quantitative estimate of drug-likeness (QED) is 0.511. The van der Waals surface area contributed by atoms with Crippen LogP contribution in [0.15, 0.2) is 53.5 Å². The fourth-order valence-corrected chi connectivity index (χ4v) is 3.65. The number of rotatable bonds is 7. The van der Waals surface area contributed by atoms with Crippen molar-refractivity contribution in [3.05, 3.63) is 81.0 Å². The summed E-state index contributed by atoms with van der Waals surface area (Å²) in [4.78, 5) is 36.9. The number of aromatic carboxylic acids is 1. The molecule has 0 radical (unpaired) electrons. The van der Waals surface area contributed by atoms with Crippen molar-refractivity contribution in [2.45, 2.75) is 19.4 Å². The fourth-order valence-electron chi connectivity index (χ4n) is 3.48. The van der Waals surface area contributed by atoms with Crippen molar-refractivity contribution in [2.24, 2.45) is 0 Å². The first-order chi connectivity index (χ1) is 16.2. The molecule has 0 aliphatic heterocycles. The van der Waals surface area contributed by atoms with E-state index >= 15 is 0 Å². The number of hydrogen-bond acceptors (Lipinski definition) is 5. The van der Waals surface area contributed by atoms with Crippen molar-refractivity contribution in [3.8, 4) is 22.9 Å². The number of hydrogen-bond donors (Lipinski definition) is 2. The van der Waals surface area contributed by atoms with Gasteiger partial charge in [-0.05, 0) is 42.8 Å². The summed E-state index contributed by atoms with van der Waals surface area (Å²) in [6.45, 7) is 1.69. The molecule has 8 nitrogen and oxygen atoms in total. The summed E-state index contributed by atoms with van der Waals surface area (Å²) in [5.74, 6) is -2.81. The van der Waals surface area contributed by atoms with Gasteiger partial charge in [-0.1, -0.05) is 18.5 Å². The first-order valence-electron chi connectivity index (χ1n) is 10.0. The molecule has 0 spiro atoms. The number of carboxylic acids is 1. The molecule has 0 saturated heterocycles. The first-order valence-corrected chi connectivity index (χ1v) is 10.4. The number of carboxylic acid groups (broad SMARTS) is 1. The maximum Gasteiger partial charge on any atom is 0.338 e. The lowest BCUT2D eigenvalue weighted by atomic mass is 10.00. The van der Waals surface area contributed by atoms with Crippen LogP contribution in [0.4, 0.5) is 10.1 Å². The number of aromatic nitrogens is 1. The van der Waals surface area contributed by atoms with Crippen molar-refractivity contribution >= 4 is 29.2 Å². The van der Waals surface area contributed by atoms with Gasteiger partial charge in [0.2, 0.25) is 5.91 Å². The SMILES string of the molecule is CC[C@@H](C(=O)Nc1ccc(C(=O)O)c(F)c1)n1cc(OC)c(-c2cc(Cl)ccc2C#N)cc1=O. The lowest BCUT2D eigenvalue weighted by Gasteiger charge is -2.20. The Bertz CT molecular complexity index is 1380. The molecule has 0 saturated carbocycles. The van der Waals surface area contributed by atoms with E-state index in [9.17, 15) is 24.0 Å². The molecule has 1 amide bonds. The van der Waals surface area contributed by atoms with E-state index in [0.29, 0.717) is 16.1 Å². The zero-order valence-corrected chi connectivity index (χ0v) is 18.9. The second-order valence-electron chi connectivity index (χ2n) is 7.22. The number of nitrogens with one attached hydrogen (secondary N) is 1. The third-order valence-corrected chi connectivity index (χ3v) is 5.38. The monoisotopic (exact) mass is 483 g/mol. The van der Waals surface area contributed by atoms with E-state index in [-0.39, 0.29) is 23.4 Å². The fraction of sp³-hybridized carbons (Fsp3) is 0.167. The van der Waals surface area contributed by atoms with E-state index in [1.54, 1.807) is 19.1 Å². The van der Waals surface area contributed by atoms with Gasteiger partial charge in [0, 0.05) is 27.9 Å². The number of pyridine rings is 1. The minimum atomic E-state index is -1.43. The average molecular weight is 484 g/mol. The topological polar surface area (TPSA) is 121 Å². The van der Waals surface area contributed by atoms with Crippen molar-refractivity contribution in [1.82, 2.24) is 4.57 Å². The summed E-state index contributed by atoms with van der Waals surface area (Å²) in [7, 11) is 1.39. The number of benzene rings is 2. The maximum absolute atomic E-state index is 14.0. The Kier molecular flexibility index (Phi) is 7.34. The highest BCUT2D eigenvalue weighted by Gasteiger charge is 2.23. The summed E-state index contributed by atoms with van der Waals surface area (Å²) in [6, 6.07) is 10.1. The predicted octanol–water partition coefficient (Wildman–Crippen LogP) is 4.48. The van der Waals surface area contributed by atoms with Crippen LogP contribution in [-0.2, 0) is 4.79 Å². The van der Waals surface area contributed by atoms with Crippen molar-refractivity contribution in [2.75, 3.05) is 12.4 Å². The maximum atomic E-state index is 14.0. The van der Waals surface area contributed by atoms with Crippen LogP contribution in [0.1, 0.15) is 35.3 Å². The van der Waals surface area contributed by atoms with Crippen LogP contribution >= 0.6 is 11.6 Å². The number of ether oxygens (including phenoxy) is 1. The Morgan fingerprint density at radius 1 is 1.24 bits per heavy atom. The molecule has 0 unspecified atom stereocenters. The minimum absolute atomic E-state index is 0.0418. The second-order valence-corrected chi connectivity index (χ2v) is 7.65. The van der Waals surface area contributed by atoms with Gasteiger partial charge in [0.1, 0.15) is 17.6 Å². The molecule has 10 heteroatoms. The molecule has 0 bridgehead atoms. The molecule has 0 aliphatic rings. The van der Waals surface area contributed by atoms with Crippen molar-refractivity contribution < 1.29 is 23.8 Å². The zero-order chi connectivity index (χ0) is 25.0. The van der Waals surface area contributed by atoms with Crippen LogP contribution in [0.5, 0.6) is 5.75 Å². The van der Waals surface area contributed by atoms with Crippen LogP contribution in [0.2, 0.25) is 5.02 Å². The smallest absolute Gasteiger partial charge is 0.338 e. The van der Waals surface area contributed by atoms with Gasteiger partial charge in [0.15, 0.2) is 0 Å². The van der Waals surface area contributed by atoms with Crippen LogP contribution in [0.25, 0.3) is 11.1 Å². The molecule has 1 heterocycles. The third kappa shape index (κ3) is 4.92. The lowest BCUT2D eigenvalue weighted by Crippen LogP contribution is -2.32. The molecule has 3 rings (SSSR count). The molecular formula is C24H19ClFN3O5. The minimum Gasteiger partial charge on any atom is -0.495 e. The van der Waals surface area contributed by atoms with E-state index < -0.39 is 34.9 Å². The molecule has 34 heavy (non-hydrogen) atoms. The highest BCUT2D eigenvalue weighted by molar-refractivity contribution is 6.31. The van der Waals surface area contributed by atoms with Crippen molar-refractivity contribution in [1.29, 1.82) is 5.26 Å². The second kappa shape index (κ2) is 10.2. The van der Waals surface area contributed by atoms with Gasteiger partial charge in [-0.25, -0.2) is 9.18 Å². The molecule has 2 N–H and O–H groups in total. The van der Waals surface area contributed by atoms with Crippen LogP contribution < -0.4 is 15.6 Å². The Morgan fingerprint density at radius 3 is 2.56 bits per heavy atom. The summed E-state index contributed by atoms with van der Waals surface area (Å²) < 4.78 is 20.6. The van der Waals surface area contributed by atoms with E-state index in [2.05, 4.69) is 5.32 Å². The van der Waals surface area contributed by atoms with E-state index in [1.807, 2.05) is 6.07 Å². The van der Waals surface area contributed by atoms with Crippen LogP contribution in [0.3, 0.4) is 0 Å². The predicted molar refractivity (Wildman–Crippen MR) is 124 cm³/mol. The molecular weight excluding hydrogens is 465 g/mol. The number of carbonyl (C=O) groups is 2. The highest BCUT2D eigenvalue weighted by Crippen LogP contribution is 2.33. The summed E-state index contributed by atoms with van der Waals surface area (Å²) >= 11 is 6.07. The molecule has 3 aromatic rings. The number of methoxy groups -OCH3 is 1. The Morgan fingerprint density at radius 2 is 1.97 bits per heavy atom. The molecule has 0 aliphatic carbocycles. The largest absolute Gasteiger partial charge is 0.495 e. The lowest BCUT2D eigenvalue weighted by molar-refractivity contribution is -0.119. The summed E-state index contributed by atoms with van der Waals surface area (Å²) in [5, 5.41) is 21.2. The summed E-state index contributed by atoms with van der Waals surface area (Å²) in [5.41, 5.74) is 0.0111. The van der Waals surface area contributed by atoms with E-state index in [1.165, 1.54) is 36.1 Å². The summed E-state index contributed by atoms with van der Waals surface area (Å²) in [6.07, 6.45) is 1.58. The van der Waals surface area contributed by atoms with Gasteiger partial charge in [0.05, 0.1) is 30.5 Å². The van der Waals surface area contributed by atoms with Gasteiger partial charge in [-0.3, -0.25) is 14.2 Å². The van der Waals surface area contributed by atoms with Gasteiger partial charge < -0.3 is 15.2 Å². The normalized spacial score (nSPS) is 11.4. The molecule has 0 fully saturated rings. The Hall–Kier alpha value is -4.16. The highest BCUT2D eigenvalue weighted by atomic mass is 35.5. The molecule has 1 aromatic heterocycles. The zero-order valence-electron chi connectivity index (χ0n) is 18.1. The first kappa shape index (κ1) is 24.5. The Labute approximate surface area is 198 Å². The average Bonchev–Trinajstić information content (AvgIpc) is 2.80. The van der Waals surface area contributed by atoms with E-state index in [0.717, 1.165) is 12.1 Å². The number of carbonyl (C=O) groups excluding carboxylic acids is 1. The Balaban J connectivity index is 2.00. The van der Waals surface area contributed by atoms with Crippen molar-refractivity contribution in [3.63, 3.8) is 0 Å². The van der Waals surface area contributed by atoms with Crippen LogP contribution in [0, 0.1) is 17.1 Å². The van der Waals surface area contributed by atoms with Gasteiger partial charge >= 0.3 is 5.97 Å². The van der Waals surface area contributed by atoms with E-state index in [4.69, 9.17) is 21.4 Å². The third-order valence-electron chi connectivity index (χ3n) is 5.15. The number of halogens is 2. The van der Waals surface area contributed by atoms with Crippen LogP contribution in [-0.4, -0.2) is 28.7 Å². The number of nitrogens with zero attached hydrogens (tertiary/aromatic N) is 2. The van der Waals surface area contributed by atoms with Gasteiger partial charge in [0.25, 0.3) is 5.56 Å². The molecule has 2 aromatic carbocycles.